The standard InChI is InChI=1S/C19H23N3O2/c1-21-18-16(11-20-21)9-10-22(17(18)13-24-12-14-7-8-14)19(23)15-5-3-2-4-6-15/h2-6,11,14,17H,7-10,12-13H2,1H3. The molecule has 1 aliphatic heterocycles. The lowest BCUT2D eigenvalue weighted by Crippen LogP contribution is -2.42. The molecule has 1 atom stereocenters. The first-order valence-electron chi connectivity index (χ1n) is 8.68. The summed E-state index contributed by atoms with van der Waals surface area (Å²) in [6.07, 6.45) is 5.32. The molecular formula is C19H23N3O2. The smallest absolute Gasteiger partial charge is 0.254 e. The molecule has 0 radical (unpaired) electrons. The van der Waals surface area contributed by atoms with E-state index in [-0.39, 0.29) is 11.9 Å². The van der Waals surface area contributed by atoms with E-state index >= 15 is 0 Å². The van der Waals surface area contributed by atoms with Gasteiger partial charge in [0.15, 0.2) is 0 Å². The van der Waals surface area contributed by atoms with Crippen LogP contribution in [-0.4, -0.2) is 40.3 Å². The first-order chi connectivity index (χ1) is 11.7. The maximum Gasteiger partial charge on any atom is 0.254 e. The molecule has 1 saturated carbocycles. The van der Waals surface area contributed by atoms with Crippen molar-refractivity contribution in [2.75, 3.05) is 19.8 Å². The molecule has 1 fully saturated rings. The Morgan fingerprint density at radius 3 is 2.79 bits per heavy atom. The molecule has 5 nitrogen and oxygen atoms in total. The topological polar surface area (TPSA) is 47.4 Å². The molecule has 1 aliphatic carbocycles. The average Bonchev–Trinajstić information content (AvgIpc) is 3.37. The Balaban J connectivity index is 1.59. The molecule has 2 aliphatic rings. The Morgan fingerprint density at radius 1 is 1.25 bits per heavy atom. The number of ether oxygens (including phenoxy) is 1. The van der Waals surface area contributed by atoms with Gasteiger partial charge in [-0.05, 0) is 42.9 Å². The van der Waals surface area contributed by atoms with Gasteiger partial charge in [-0.2, -0.15) is 5.10 Å². The molecule has 4 rings (SSSR count). The normalized spacial score (nSPS) is 20.0. The fourth-order valence-corrected chi connectivity index (χ4v) is 3.45. The van der Waals surface area contributed by atoms with Crippen LogP contribution in [0.1, 0.15) is 40.5 Å². The van der Waals surface area contributed by atoms with Crippen LogP contribution in [-0.2, 0) is 18.2 Å². The number of rotatable bonds is 5. The summed E-state index contributed by atoms with van der Waals surface area (Å²) >= 11 is 0. The van der Waals surface area contributed by atoms with Crippen molar-refractivity contribution in [3.8, 4) is 0 Å². The van der Waals surface area contributed by atoms with Gasteiger partial charge < -0.3 is 9.64 Å². The van der Waals surface area contributed by atoms with Crippen LogP contribution in [0.4, 0.5) is 0 Å². The Kier molecular flexibility index (Phi) is 4.10. The third-order valence-corrected chi connectivity index (χ3v) is 4.99. The van der Waals surface area contributed by atoms with Crippen LogP contribution in [0.25, 0.3) is 0 Å². The molecule has 0 bridgehead atoms. The number of fused-ring (bicyclic) bond motifs is 1. The maximum atomic E-state index is 13.0. The number of benzene rings is 1. The molecule has 0 spiro atoms. The van der Waals surface area contributed by atoms with Gasteiger partial charge in [0.1, 0.15) is 0 Å². The third-order valence-electron chi connectivity index (χ3n) is 4.99. The zero-order chi connectivity index (χ0) is 16.5. The summed E-state index contributed by atoms with van der Waals surface area (Å²) in [5.41, 5.74) is 3.08. The predicted octanol–water partition coefficient (Wildman–Crippen LogP) is 2.59. The number of carbonyl (C=O) groups excluding carboxylic acids is 1. The minimum absolute atomic E-state index is 0.0623. The highest BCUT2D eigenvalue weighted by Gasteiger charge is 2.34. The average molecular weight is 325 g/mol. The van der Waals surface area contributed by atoms with E-state index in [1.54, 1.807) is 0 Å². The van der Waals surface area contributed by atoms with E-state index in [0.717, 1.165) is 30.2 Å². The van der Waals surface area contributed by atoms with Crippen molar-refractivity contribution in [3.05, 3.63) is 53.3 Å². The van der Waals surface area contributed by atoms with Gasteiger partial charge in [-0.3, -0.25) is 9.48 Å². The maximum absolute atomic E-state index is 13.0. The number of hydrogen-bond donors (Lipinski definition) is 0. The fourth-order valence-electron chi connectivity index (χ4n) is 3.45. The minimum Gasteiger partial charge on any atom is -0.379 e. The van der Waals surface area contributed by atoms with E-state index in [9.17, 15) is 4.79 Å². The minimum atomic E-state index is -0.0623. The molecule has 1 amide bonds. The second kappa shape index (κ2) is 6.40. The molecule has 1 aromatic heterocycles. The largest absolute Gasteiger partial charge is 0.379 e. The third kappa shape index (κ3) is 2.96. The zero-order valence-corrected chi connectivity index (χ0v) is 14.0. The molecule has 24 heavy (non-hydrogen) atoms. The number of hydrogen-bond acceptors (Lipinski definition) is 3. The number of aryl methyl sites for hydroxylation is 1. The quantitative estimate of drug-likeness (QED) is 0.849. The van der Waals surface area contributed by atoms with Crippen molar-refractivity contribution >= 4 is 5.91 Å². The molecule has 5 heteroatoms. The van der Waals surface area contributed by atoms with Crippen molar-refractivity contribution in [1.29, 1.82) is 0 Å². The van der Waals surface area contributed by atoms with E-state index in [0.29, 0.717) is 13.2 Å². The van der Waals surface area contributed by atoms with Crippen molar-refractivity contribution in [2.24, 2.45) is 13.0 Å². The van der Waals surface area contributed by atoms with Crippen LogP contribution in [0.15, 0.2) is 36.5 Å². The Labute approximate surface area is 142 Å². The summed E-state index contributed by atoms with van der Waals surface area (Å²) in [4.78, 5) is 15.0. The highest BCUT2D eigenvalue weighted by atomic mass is 16.5. The summed E-state index contributed by atoms with van der Waals surface area (Å²) in [5, 5.41) is 4.39. The second-order valence-corrected chi connectivity index (χ2v) is 6.79. The lowest BCUT2D eigenvalue weighted by atomic mass is 9.99. The number of nitrogens with zero attached hydrogens (tertiary/aromatic N) is 3. The zero-order valence-electron chi connectivity index (χ0n) is 14.0. The highest BCUT2D eigenvalue weighted by Crippen LogP contribution is 2.33. The van der Waals surface area contributed by atoms with Gasteiger partial charge in [0, 0.05) is 25.8 Å². The second-order valence-electron chi connectivity index (χ2n) is 6.79. The van der Waals surface area contributed by atoms with Gasteiger partial charge in [-0.25, -0.2) is 0 Å². The summed E-state index contributed by atoms with van der Waals surface area (Å²) in [5.74, 6) is 0.792. The molecule has 0 N–H and O–H groups in total. The van der Waals surface area contributed by atoms with E-state index in [4.69, 9.17) is 4.74 Å². The number of amides is 1. The first-order valence-corrected chi connectivity index (χ1v) is 8.68. The number of aromatic nitrogens is 2. The molecular weight excluding hydrogens is 302 g/mol. The van der Waals surface area contributed by atoms with Crippen molar-refractivity contribution in [1.82, 2.24) is 14.7 Å². The van der Waals surface area contributed by atoms with E-state index in [1.807, 2.05) is 53.2 Å². The molecule has 1 aromatic carbocycles. The SMILES string of the molecule is Cn1ncc2c1C(COCC1CC1)N(C(=O)c1ccccc1)CC2. The van der Waals surface area contributed by atoms with Gasteiger partial charge in [0.2, 0.25) is 0 Å². The van der Waals surface area contributed by atoms with Gasteiger partial charge >= 0.3 is 0 Å². The van der Waals surface area contributed by atoms with Crippen molar-refractivity contribution < 1.29 is 9.53 Å². The van der Waals surface area contributed by atoms with E-state index < -0.39 is 0 Å². The van der Waals surface area contributed by atoms with Crippen LogP contribution in [0, 0.1) is 5.92 Å². The van der Waals surface area contributed by atoms with Crippen LogP contribution in [0.5, 0.6) is 0 Å². The molecule has 1 unspecified atom stereocenters. The lowest BCUT2D eigenvalue weighted by Gasteiger charge is -2.36. The van der Waals surface area contributed by atoms with Crippen LogP contribution >= 0.6 is 0 Å². The Hall–Kier alpha value is -2.14. The van der Waals surface area contributed by atoms with Crippen LogP contribution < -0.4 is 0 Å². The number of carbonyl (C=O) groups is 1. The molecule has 0 saturated heterocycles. The monoisotopic (exact) mass is 325 g/mol. The summed E-state index contributed by atoms with van der Waals surface area (Å²) in [6.45, 7) is 2.06. The summed E-state index contributed by atoms with van der Waals surface area (Å²) < 4.78 is 7.85. The fraction of sp³-hybridized carbons (Fsp3) is 0.474. The lowest BCUT2D eigenvalue weighted by molar-refractivity contribution is 0.0348. The highest BCUT2D eigenvalue weighted by molar-refractivity contribution is 5.94. The Bertz CT molecular complexity index is 721. The summed E-state index contributed by atoms with van der Waals surface area (Å²) in [7, 11) is 1.95. The van der Waals surface area contributed by atoms with Gasteiger partial charge in [-0.15, -0.1) is 0 Å². The van der Waals surface area contributed by atoms with Crippen LogP contribution in [0.3, 0.4) is 0 Å². The predicted molar refractivity (Wildman–Crippen MR) is 90.7 cm³/mol. The van der Waals surface area contributed by atoms with Gasteiger partial charge in [0.25, 0.3) is 5.91 Å². The van der Waals surface area contributed by atoms with Crippen molar-refractivity contribution in [2.45, 2.75) is 25.3 Å². The van der Waals surface area contributed by atoms with Crippen LogP contribution in [0.2, 0.25) is 0 Å². The first kappa shape index (κ1) is 15.4. The molecule has 126 valence electrons. The van der Waals surface area contributed by atoms with E-state index in [2.05, 4.69) is 5.10 Å². The van der Waals surface area contributed by atoms with Gasteiger partial charge in [0.05, 0.1) is 24.5 Å². The molecule has 2 heterocycles. The van der Waals surface area contributed by atoms with Crippen molar-refractivity contribution in [3.63, 3.8) is 0 Å². The van der Waals surface area contributed by atoms with Gasteiger partial charge in [-0.1, -0.05) is 18.2 Å². The Morgan fingerprint density at radius 2 is 2.04 bits per heavy atom. The molecule has 2 aromatic rings. The summed E-state index contributed by atoms with van der Waals surface area (Å²) in [6, 6.07) is 9.44. The van der Waals surface area contributed by atoms with E-state index in [1.165, 1.54) is 18.4 Å².